The summed E-state index contributed by atoms with van der Waals surface area (Å²) in [5.41, 5.74) is 2.89. The SMILES string of the molecule is CC1(C)O[C@H]2[C@@H](O1)[C@@H]1CC3=C[C@@H](c4ccccc4)C4C(=O)N(c5ccccc5)C(=O)[C@@H]4[C@H]3[C@H]2O1. The van der Waals surface area contributed by atoms with E-state index in [0.29, 0.717) is 12.1 Å². The van der Waals surface area contributed by atoms with Gasteiger partial charge in [-0.05, 0) is 38.0 Å². The van der Waals surface area contributed by atoms with Gasteiger partial charge in [0.05, 0.1) is 29.7 Å². The van der Waals surface area contributed by atoms with Crippen LogP contribution in [0.4, 0.5) is 5.69 Å². The Morgan fingerprint density at radius 3 is 2.18 bits per heavy atom. The summed E-state index contributed by atoms with van der Waals surface area (Å²) in [6, 6.07) is 19.3. The minimum atomic E-state index is -0.678. The van der Waals surface area contributed by atoms with E-state index in [1.807, 2.05) is 62.4 Å². The lowest BCUT2D eigenvalue weighted by Crippen LogP contribution is -2.47. The Kier molecular flexibility index (Phi) is 4.30. The topological polar surface area (TPSA) is 65.1 Å². The lowest BCUT2D eigenvalue weighted by molar-refractivity contribution is -0.199. The number of nitrogens with zero attached hydrogens (tertiary/aromatic N) is 1. The molecule has 1 unspecified atom stereocenters. The number of rotatable bonds is 2. The number of anilines is 1. The summed E-state index contributed by atoms with van der Waals surface area (Å²) in [6.07, 6.45) is 2.16. The third-order valence-electron chi connectivity index (χ3n) is 8.17. The summed E-state index contributed by atoms with van der Waals surface area (Å²) < 4.78 is 18.9. The maximum Gasteiger partial charge on any atom is 0.238 e. The molecular weight excluding hydrogens is 430 g/mol. The van der Waals surface area contributed by atoms with E-state index >= 15 is 0 Å². The number of benzene rings is 2. The molecule has 0 radical (unpaired) electrons. The van der Waals surface area contributed by atoms with E-state index in [1.54, 1.807) is 0 Å². The van der Waals surface area contributed by atoms with Crippen molar-refractivity contribution < 1.29 is 23.8 Å². The van der Waals surface area contributed by atoms with Gasteiger partial charge in [-0.15, -0.1) is 0 Å². The number of ether oxygens (including phenoxy) is 3. The molecule has 2 aromatic rings. The molecule has 7 rings (SSSR count). The maximum absolute atomic E-state index is 14.0. The van der Waals surface area contributed by atoms with E-state index in [1.165, 1.54) is 10.5 Å². The van der Waals surface area contributed by atoms with Gasteiger partial charge in [0, 0.05) is 11.8 Å². The van der Waals surface area contributed by atoms with E-state index in [4.69, 9.17) is 14.2 Å². The molecule has 4 saturated heterocycles. The van der Waals surface area contributed by atoms with Gasteiger partial charge >= 0.3 is 0 Å². The average Bonchev–Trinajstić information content (AvgIpc) is 3.40. The van der Waals surface area contributed by atoms with Crippen LogP contribution in [0.2, 0.25) is 0 Å². The number of carbonyl (C=O) groups excluding carboxylic acids is 2. The van der Waals surface area contributed by atoms with Crippen LogP contribution in [0, 0.1) is 17.8 Å². The quantitative estimate of drug-likeness (QED) is 0.507. The standard InChI is InChI=1S/C28H27NO5/c1-28(2)33-23-19-14-16-13-18(15-9-5-3-6-10-15)21-22(20(16)24(32-19)25(23)34-28)27(31)29(26(21)30)17-11-7-4-8-12-17/h3-13,18-25H,14H2,1-2H3/t18-,19-,20-,21?,22+,23-,24+,25-/m0/s1. The molecule has 2 bridgehead atoms. The fourth-order valence-electron chi connectivity index (χ4n) is 6.97. The number of imide groups is 1. The molecular formula is C28H27NO5. The monoisotopic (exact) mass is 457 g/mol. The summed E-state index contributed by atoms with van der Waals surface area (Å²) in [5, 5.41) is 0. The predicted octanol–water partition coefficient (Wildman–Crippen LogP) is 3.82. The smallest absolute Gasteiger partial charge is 0.238 e. The van der Waals surface area contributed by atoms with Gasteiger partial charge in [0.2, 0.25) is 11.8 Å². The minimum Gasteiger partial charge on any atom is -0.368 e. The van der Waals surface area contributed by atoms with Gasteiger partial charge in [0.25, 0.3) is 0 Å². The van der Waals surface area contributed by atoms with Gasteiger partial charge in [0.1, 0.15) is 12.2 Å². The van der Waals surface area contributed by atoms with Crippen LogP contribution in [0.5, 0.6) is 0 Å². The van der Waals surface area contributed by atoms with E-state index in [0.717, 1.165) is 5.56 Å². The van der Waals surface area contributed by atoms with Gasteiger partial charge in [-0.3, -0.25) is 14.5 Å². The highest BCUT2D eigenvalue weighted by Crippen LogP contribution is 2.58. The van der Waals surface area contributed by atoms with Gasteiger partial charge < -0.3 is 14.2 Å². The van der Waals surface area contributed by atoms with Crippen molar-refractivity contribution >= 4 is 17.5 Å². The van der Waals surface area contributed by atoms with E-state index in [-0.39, 0.29) is 48.1 Å². The second-order valence-corrected chi connectivity index (χ2v) is 10.5. The lowest BCUT2D eigenvalue weighted by Gasteiger charge is -2.43. The molecule has 4 fully saturated rings. The van der Waals surface area contributed by atoms with Crippen molar-refractivity contribution in [2.24, 2.45) is 17.8 Å². The molecule has 0 aromatic heterocycles. The Bertz CT molecular complexity index is 1190. The zero-order chi connectivity index (χ0) is 23.2. The molecule has 2 aromatic carbocycles. The summed E-state index contributed by atoms with van der Waals surface area (Å²) in [4.78, 5) is 29.4. The third kappa shape index (κ3) is 2.79. The molecule has 6 nitrogen and oxygen atoms in total. The molecule has 174 valence electrons. The Morgan fingerprint density at radius 2 is 1.44 bits per heavy atom. The molecule has 34 heavy (non-hydrogen) atoms. The number of hydrogen-bond donors (Lipinski definition) is 0. The fraction of sp³-hybridized carbons (Fsp3) is 0.429. The van der Waals surface area contributed by atoms with Crippen LogP contribution >= 0.6 is 0 Å². The van der Waals surface area contributed by atoms with Crippen LogP contribution in [-0.4, -0.2) is 42.0 Å². The summed E-state index contributed by atoms with van der Waals surface area (Å²) >= 11 is 0. The first-order valence-corrected chi connectivity index (χ1v) is 12.1. The first-order chi connectivity index (χ1) is 16.4. The van der Waals surface area contributed by atoms with E-state index in [9.17, 15) is 9.59 Å². The zero-order valence-corrected chi connectivity index (χ0v) is 19.2. The summed E-state index contributed by atoms with van der Waals surface area (Å²) in [5.74, 6) is -2.26. The van der Waals surface area contributed by atoms with Crippen molar-refractivity contribution in [2.75, 3.05) is 4.90 Å². The molecule has 2 amide bonds. The fourth-order valence-corrected chi connectivity index (χ4v) is 6.97. The molecule has 5 aliphatic rings. The second kappa shape index (κ2) is 7.11. The molecule has 0 spiro atoms. The zero-order valence-electron chi connectivity index (χ0n) is 19.2. The van der Waals surface area contributed by atoms with E-state index in [2.05, 4.69) is 18.2 Å². The molecule has 0 saturated carbocycles. The van der Waals surface area contributed by atoms with Crippen molar-refractivity contribution in [1.82, 2.24) is 0 Å². The highest BCUT2D eigenvalue weighted by atomic mass is 16.8. The summed E-state index contributed by atoms with van der Waals surface area (Å²) in [7, 11) is 0. The average molecular weight is 458 g/mol. The number of para-hydroxylation sites is 1. The first-order valence-electron chi connectivity index (χ1n) is 12.1. The normalized spacial score (nSPS) is 39.5. The Hall–Kier alpha value is -2.80. The van der Waals surface area contributed by atoms with Crippen LogP contribution < -0.4 is 4.90 Å². The van der Waals surface area contributed by atoms with Crippen molar-refractivity contribution in [3.63, 3.8) is 0 Å². The first kappa shape index (κ1) is 20.6. The lowest BCUT2D eigenvalue weighted by atomic mass is 9.63. The third-order valence-corrected chi connectivity index (χ3v) is 8.17. The maximum atomic E-state index is 14.0. The van der Waals surface area contributed by atoms with Crippen LogP contribution in [0.15, 0.2) is 72.3 Å². The van der Waals surface area contributed by atoms with Gasteiger partial charge in [-0.2, -0.15) is 0 Å². The Labute approximate surface area is 198 Å². The molecule has 0 N–H and O–H groups in total. The second-order valence-electron chi connectivity index (χ2n) is 10.5. The minimum absolute atomic E-state index is 0.0929. The molecule has 1 aliphatic carbocycles. The molecule has 4 heterocycles. The van der Waals surface area contributed by atoms with Gasteiger partial charge in [0.15, 0.2) is 5.79 Å². The summed E-state index contributed by atoms with van der Waals surface area (Å²) in [6.45, 7) is 3.85. The Balaban J connectivity index is 1.36. The molecule has 6 heteroatoms. The number of hydrogen-bond acceptors (Lipinski definition) is 5. The number of amides is 2. The Morgan fingerprint density at radius 1 is 0.794 bits per heavy atom. The number of carbonyl (C=O) groups is 2. The van der Waals surface area contributed by atoms with Crippen molar-refractivity contribution in [2.45, 2.75) is 56.4 Å². The van der Waals surface area contributed by atoms with Crippen LogP contribution in [-0.2, 0) is 23.8 Å². The number of fused-ring (bicyclic) bond motifs is 9. The molecule has 4 aliphatic heterocycles. The van der Waals surface area contributed by atoms with Crippen molar-refractivity contribution in [3.05, 3.63) is 77.9 Å². The highest BCUT2D eigenvalue weighted by Gasteiger charge is 2.66. The van der Waals surface area contributed by atoms with Crippen molar-refractivity contribution in [1.29, 1.82) is 0 Å². The largest absolute Gasteiger partial charge is 0.368 e. The van der Waals surface area contributed by atoms with Crippen LogP contribution in [0.3, 0.4) is 0 Å². The number of allylic oxidation sites excluding steroid dienone is 1. The highest BCUT2D eigenvalue weighted by molar-refractivity contribution is 6.22. The van der Waals surface area contributed by atoms with Crippen molar-refractivity contribution in [3.8, 4) is 0 Å². The molecule has 8 atom stereocenters. The van der Waals surface area contributed by atoms with Gasteiger partial charge in [-0.1, -0.05) is 60.2 Å². The van der Waals surface area contributed by atoms with Crippen LogP contribution in [0.25, 0.3) is 0 Å². The van der Waals surface area contributed by atoms with Crippen LogP contribution in [0.1, 0.15) is 31.7 Å². The van der Waals surface area contributed by atoms with Gasteiger partial charge in [-0.25, -0.2) is 0 Å². The van der Waals surface area contributed by atoms with E-state index < -0.39 is 17.6 Å². The predicted molar refractivity (Wildman–Crippen MR) is 124 cm³/mol.